The van der Waals surface area contributed by atoms with Crippen molar-refractivity contribution in [3.05, 3.63) is 71.3 Å². The number of benzene rings is 2. The molecule has 2 rings (SSSR count). The number of aliphatic carboxylic acids is 2. The molecule has 0 aromatic heterocycles. The van der Waals surface area contributed by atoms with E-state index < -0.39 is 22.4 Å². The van der Waals surface area contributed by atoms with Crippen molar-refractivity contribution in [1.82, 2.24) is 0 Å². The summed E-state index contributed by atoms with van der Waals surface area (Å²) in [5.41, 5.74) is 3.61. The first-order valence-corrected chi connectivity index (χ1v) is 12.1. The maximum atomic E-state index is 11.6. The molecule has 2 unspecified atom stereocenters. The highest BCUT2D eigenvalue weighted by molar-refractivity contribution is 8.01. The molecule has 2 N–H and O–H groups in total. The van der Waals surface area contributed by atoms with E-state index in [1.54, 1.807) is 0 Å². The fourth-order valence-corrected chi connectivity index (χ4v) is 4.70. The lowest BCUT2D eigenvalue weighted by Crippen LogP contribution is -2.25. The van der Waals surface area contributed by atoms with Crippen LogP contribution in [0, 0.1) is 0 Å². The van der Waals surface area contributed by atoms with Gasteiger partial charge in [-0.25, -0.2) is 0 Å². The van der Waals surface area contributed by atoms with Crippen LogP contribution < -0.4 is 0 Å². The predicted octanol–water partition coefficient (Wildman–Crippen LogP) is 6.01. The van der Waals surface area contributed by atoms with Crippen LogP contribution in [0.15, 0.2) is 54.6 Å². The Balaban J connectivity index is 1.72. The number of hydrogen-bond acceptors (Lipinski definition) is 3. The maximum absolute atomic E-state index is 11.6. The number of rotatable bonds is 15. The molecule has 168 valence electrons. The molecule has 0 spiro atoms. The Morgan fingerprint density at radius 1 is 0.742 bits per heavy atom. The topological polar surface area (TPSA) is 74.6 Å². The highest BCUT2D eigenvalue weighted by Crippen LogP contribution is 2.24. The second kappa shape index (κ2) is 13.9. The van der Waals surface area contributed by atoms with Gasteiger partial charge in [-0.05, 0) is 55.7 Å². The quantitative estimate of drug-likeness (QED) is 0.330. The van der Waals surface area contributed by atoms with Crippen molar-refractivity contribution in [2.45, 2.75) is 75.2 Å². The van der Waals surface area contributed by atoms with Gasteiger partial charge in [0.2, 0.25) is 0 Å². The van der Waals surface area contributed by atoms with Gasteiger partial charge in [0.05, 0.1) is 0 Å². The third kappa shape index (κ3) is 9.60. The zero-order valence-corrected chi connectivity index (χ0v) is 19.2. The van der Waals surface area contributed by atoms with Crippen LogP contribution in [0.1, 0.15) is 62.1 Å². The van der Waals surface area contributed by atoms with Crippen molar-refractivity contribution >= 4 is 23.7 Å². The zero-order chi connectivity index (χ0) is 22.5. The molecule has 0 saturated carbocycles. The van der Waals surface area contributed by atoms with Crippen LogP contribution in [0.2, 0.25) is 0 Å². The van der Waals surface area contributed by atoms with E-state index in [9.17, 15) is 14.7 Å². The maximum Gasteiger partial charge on any atom is 0.316 e. The Labute approximate surface area is 190 Å². The minimum atomic E-state index is -0.978. The van der Waals surface area contributed by atoms with Gasteiger partial charge >= 0.3 is 11.9 Å². The first kappa shape index (κ1) is 25.0. The van der Waals surface area contributed by atoms with E-state index in [0.717, 1.165) is 36.6 Å². The van der Waals surface area contributed by atoms with Gasteiger partial charge in [0, 0.05) is 0 Å². The Morgan fingerprint density at radius 3 is 1.90 bits per heavy atom. The molecule has 2 aromatic rings. The summed E-state index contributed by atoms with van der Waals surface area (Å²) in [5, 5.41) is 17.1. The number of aryl methyl sites for hydroxylation is 2. The Morgan fingerprint density at radius 2 is 1.29 bits per heavy atom. The van der Waals surface area contributed by atoms with Gasteiger partial charge in [-0.1, -0.05) is 80.3 Å². The van der Waals surface area contributed by atoms with Gasteiger partial charge in [0.25, 0.3) is 0 Å². The number of hydrogen-bond donors (Lipinski definition) is 2. The molecular formula is C26H34O4S. The Hall–Kier alpha value is -2.27. The molecule has 0 aliphatic heterocycles. The fourth-order valence-electron chi connectivity index (χ4n) is 3.69. The van der Waals surface area contributed by atoms with E-state index in [2.05, 4.69) is 36.4 Å². The second-order valence-electron chi connectivity index (χ2n) is 8.02. The minimum Gasteiger partial charge on any atom is -0.480 e. The molecule has 0 aliphatic rings. The smallest absolute Gasteiger partial charge is 0.316 e. The molecule has 0 radical (unpaired) electrons. The summed E-state index contributed by atoms with van der Waals surface area (Å²) in [6.07, 6.45) is 9.66. The number of carbonyl (C=O) groups is 2. The largest absolute Gasteiger partial charge is 0.480 e. The van der Waals surface area contributed by atoms with Gasteiger partial charge in [0.1, 0.15) is 10.5 Å². The van der Waals surface area contributed by atoms with Crippen molar-refractivity contribution in [2.75, 3.05) is 0 Å². The Kier molecular flexibility index (Phi) is 11.2. The van der Waals surface area contributed by atoms with Gasteiger partial charge in [0.15, 0.2) is 0 Å². The molecule has 0 aliphatic carbocycles. The molecular weight excluding hydrogens is 408 g/mol. The number of carboxylic acid groups (broad SMARTS) is 2. The zero-order valence-electron chi connectivity index (χ0n) is 18.3. The van der Waals surface area contributed by atoms with E-state index in [1.165, 1.54) is 50.2 Å². The van der Waals surface area contributed by atoms with E-state index in [4.69, 9.17) is 5.11 Å². The van der Waals surface area contributed by atoms with Crippen LogP contribution >= 0.6 is 11.8 Å². The van der Waals surface area contributed by atoms with Gasteiger partial charge in [-0.2, -0.15) is 0 Å². The molecule has 0 saturated heterocycles. The van der Waals surface area contributed by atoms with Crippen molar-refractivity contribution in [3.8, 4) is 0 Å². The number of carboxylic acids is 2. The molecule has 0 heterocycles. The molecule has 31 heavy (non-hydrogen) atoms. The third-order valence-electron chi connectivity index (χ3n) is 5.52. The lowest BCUT2D eigenvalue weighted by molar-refractivity contribution is -0.136. The minimum absolute atomic E-state index is 0.354. The summed E-state index contributed by atoms with van der Waals surface area (Å²) in [7, 11) is 0. The first-order valence-electron chi connectivity index (χ1n) is 11.2. The van der Waals surface area contributed by atoms with Gasteiger partial charge < -0.3 is 10.2 Å². The van der Waals surface area contributed by atoms with E-state index >= 15 is 0 Å². The monoisotopic (exact) mass is 442 g/mol. The van der Waals surface area contributed by atoms with Crippen LogP contribution in [0.5, 0.6) is 0 Å². The van der Waals surface area contributed by atoms with Crippen LogP contribution in [-0.4, -0.2) is 32.7 Å². The molecule has 5 heteroatoms. The number of thioether (sulfide) groups is 1. The number of unbranched alkanes of at least 4 members (excludes halogenated alkanes) is 5. The van der Waals surface area contributed by atoms with Crippen LogP contribution in [-0.2, 0) is 28.9 Å². The van der Waals surface area contributed by atoms with E-state index in [-0.39, 0.29) is 0 Å². The third-order valence-corrected chi connectivity index (χ3v) is 6.83. The molecule has 0 bridgehead atoms. The van der Waals surface area contributed by atoms with Gasteiger partial charge in [-0.15, -0.1) is 11.8 Å². The lowest BCUT2D eigenvalue weighted by atomic mass is 9.97. The van der Waals surface area contributed by atoms with Crippen LogP contribution in [0.25, 0.3) is 0 Å². The summed E-state index contributed by atoms with van der Waals surface area (Å²) >= 11 is 1.00. The first-order chi connectivity index (χ1) is 15.0. The molecule has 0 amide bonds. The molecule has 2 aromatic carbocycles. The van der Waals surface area contributed by atoms with Crippen LogP contribution in [0.3, 0.4) is 0 Å². The highest BCUT2D eigenvalue weighted by Gasteiger charge is 2.25. The van der Waals surface area contributed by atoms with Crippen LogP contribution in [0.4, 0.5) is 0 Å². The summed E-state index contributed by atoms with van der Waals surface area (Å²) < 4.78 is 0. The van der Waals surface area contributed by atoms with Crippen molar-refractivity contribution < 1.29 is 19.8 Å². The van der Waals surface area contributed by atoms with E-state index in [1.807, 2.05) is 18.2 Å². The average Bonchev–Trinajstić information content (AvgIpc) is 2.76. The van der Waals surface area contributed by atoms with Crippen molar-refractivity contribution in [1.29, 1.82) is 0 Å². The lowest BCUT2D eigenvalue weighted by Gasteiger charge is -2.17. The summed E-state index contributed by atoms with van der Waals surface area (Å²) in [4.78, 5) is 22.7. The highest BCUT2D eigenvalue weighted by atomic mass is 32.2. The normalized spacial score (nSPS) is 12.9. The van der Waals surface area contributed by atoms with Crippen molar-refractivity contribution in [3.63, 3.8) is 0 Å². The van der Waals surface area contributed by atoms with Crippen molar-refractivity contribution in [2.24, 2.45) is 0 Å². The molecule has 0 fully saturated rings. The standard InChI is InChI=1S/C26H34O4S/c1-20(25(27)28)31-24(26(29)30)19-23-18-12-11-17-22(23)16-10-5-3-2-4-7-13-21-14-8-6-9-15-21/h6,8-9,11-12,14-15,17-18,20,24H,2-5,7,10,13,16,19H2,1H3,(H,27,28)(H,29,30). The predicted molar refractivity (Wildman–Crippen MR) is 128 cm³/mol. The Bertz CT molecular complexity index is 806. The molecule has 2 atom stereocenters. The van der Waals surface area contributed by atoms with Gasteiger partial charge in [-0.3, -0.25) is 9.59 Å². The SMILES string of the molecule is CC(SC(Cc1ccccc1CCCCCCCCc1ccccc1)C(=O)O)C(=O)O. The summed E-state index contributed by atoms with van der Waals surface area (Å²) in [6.45, 7) is 1.54. The summed E-state index contributed by atoms with van der Waals surface area (Å²) in [5.74, 6) is -1.93. The summed E-state index contributed by atoms with van der Waals surface area (Å²) in [6, 6.07) is 18.6. The fraction of sp³-hybridized carbons (Fsp3) is 0.462. The second-order valence-corrected chi connectivity index (χ2v) is 9.57. The molecule has 4 nitrogen and oxygen atoms in total. The van der Waals surface area contributed by atoms with E-state index in [0.29, 0.717) is 6.42 Å². The average molecular weight is 443 g/mol.